The van der Waals surface area contributed by atoms with Crippen molar-refractivity contribution in [3.05, 3.63) is 29.8 Å². The van der Waals surface area contributed by atoms with Gasteiger partial charge >= 0.3 is 0 Å². The van der Waals surface area contributed by atoms with E-state index in [9.17, 15) is 0 Å². The predicted octanol–water partition coefficient (Wildman–Crippen LogP) is 2.56. The summed E-state index contributed by atoms with van der Waals surface area (Å²) in [6.07, 6.45) is 0. The molecule has 0 spiro atoms. The number of alkyl halides is 1. The summed E-state index contributed by atoms with van der Waals surface area (Å²) in [5.41, 5.74) is 1.05. The Kier molecular flexibility index (Phi) is 7.44. The topological polar surface area (TPSA) is 21.7 Å². The third kappa shape index (κ3) is 4.65. The second-order valence-electron chi connectivity index (χ2n) is 4.04. The van der Waals surface area contributed by atoms with Gasteiger partial charge in [-0.2, -0.15) is 0 Å². The zero-order chi connectivity index (χ0) is 11.9. The van der Waals surface area contributed by atoms with Gasteiger partial charge in [0, 0.05) is 25.2 Å². The maximum Gasteiger partial charge on any atom is 0.123 e. The van der Waals surface area contributed by atoms with E-state index in [2.05, 4.69) is 4.90 Å². The molecule has 2 rings (SSSR count). The monoisotopic (exact) mass is 291 g/mol. The molecular weight excluding hydrogens is 273 g/mol. The molecule has 0 aromatic heterocycles. The number of morpholine rings is 1. The Morgan fingerprint density at radius 1 is 1.22 bits per heavy atom. The van der Waals surface area contributed by atoms with E-state index >= 15 is 0 Å². The first-order valence-electron chi connectivity index (χ1n) is 5.97. The first-order valence-corrected chi connectivity index (χ1v) is 6.50. The summed E-state index contributed by atoms with van der Waals surface area (Å²) in [6, 6.07) is 7.92. The normalized spacial score (nSPS) is 16.1. The van der Waals surface area contributed by atoms with Gasteiger partial charge in [0.1, 0.15) is 12.4 Å². The van der Waals surface area contributed by atoms with Gasteiger partial charge in [-0.1, -0.05) is 18.2 Å². The number of hydrogen-bond donors (Lipinski definition) is 0. The molecule has 1 saturated heterocycles. The standard InChI is InChI=1S/C13H18ClNO2.ClH/c14-11-12-3-1-2-4-13(12)17-10-7-15-5-8-16-9-6-15;/h1-4H,5-11H2;1H. The fraction of sp³-hybridized carbons (Fsp3) is 0.538. The molecule has 0 atom stereocenters. The molecule has 102 valence electrons. The van der Waals surface area contributed by atoms with Crippen molar-refractivity contribution in [2.45, 2.75) is 5.88 Å². The maximum atomic E-state index is 5.85. The van der Waals surface area contributed by atoms with E-state index in [0.29, 0.717) is 12.5 Å². The summed E-state index contributed by atoms with van der Waals surface area (Å²) in [4.78, 5) is 2.35. The lowest BCUT2D eigenvalue weighted by Gasteiger charge is -2.26. The van der Waals surface area contributed by atoms with Crippen LogP contribution < -0.4 is 4.74 Å². The average molecular weight is 292 g/mol. The van der Waals surface area contributed by atoms with Crippen LogP contribution in [0.2, 0.25) is 0 Å². The highest BCUT2D eigenvalue weighted by molar-refractivity contribution is 6.17. The Morgan fingerprint density at radius 3 is 2.67 bits per heavy atom. The van der Waals surface area contributed by atoms with E-state index in [1.165, 1.54) is 0 Å². The van der Waals surface area contributed by atoms with Crippen LogP contribution in [-0.2, 0) is 10.6 Å². The molecule has 5 heteroatoms. The molecule has 1 fully saturated rings. The first kappa shape index (κ1) is 15.6. The number of rotatable bonds is 5. The van der Waals surface area contributed by atoms with Crippen LogP contribution in [0.15, 0.2) is 24.3 Å². The highest BCUT2D eigenvalue weighted by Gasteiger charge is 2.10. The molecule has 0 unspecified atom stereocenters. The van der Waals surface area contributed by atoms with Gasteiger partial charge in [0.2, 0.25) is 0 Å². The Morgan fingerprint density at radius 2 is 1.94 bits per heavy atom. The van der Waals surface area contributed by atoms with Crippen LogP contribution in [-0.4, -0.2) is 44.4 Å². The number of benzene rings is 1. The highest BCUT2D eigenvalue weighted by Crippen LogP contribution is 2.19. The number of ether oxygens (including phenoxy) is 2. The van der Waals surface area contributed by atoms with E-state index in [4.69, 9.17) is 21.1 Å². The highest BCUT2D eigenvalue weighted by atomic mass is 35.5. The summed E-state index contributed by atoms with van der Waals surface area (Å²) in [7, 11) is 0. The molecule has 0 bridgehead atoms. The number of halogens is 2. The molecule has 0 N–H and O–H groups in total. The minimum absolute atomic E-state index is 0. The fourth-order valence-corrected chi connectivity index (χ4v) is 2.09. The van der Waals surface area contributed by atoms with Crippen LogP contribution in [0.1, 0.15) is 5.56 Å². The zero-order valence-corrected chi connectivity index (χ0v) is 11.9. The molecule has 0 radical (unpaired) electrons. The molecule has 1 aliphatic heterocycles. The second-order valence-corrected chi connectivity index (χ2v) is 4.31. The van der Waals surface area contributed by atoms with Crippen molar-refractivity contribution in [2.75, 3.05) is 39.5 Å². The van der Waals surface area contributed by atoms with Gasteiger partial charge < -0.3 is 9.47 Å². The van der Waals surface area contributed by atoms with E-state index in [1.54, 1.807) is 0 Å². The van der Waals surface area contributed by atoms with Gasteiger partial charge in [0.25, 0.3) is 0 Å². The van der Waals surface area contributed by atoms with Gasteiger partial charge in [-0.05, 0) is 6.07 Å². The minimum atomic E-state index is 0. The molecule has 0 aliphatic carbocycles. The van der Waals surface area contributed by atoms with Crippen molar-refractivity contribution in [3.8, 4) is 5.75 Å². The summed E-state index contributed by atoms with van der Waals surface area (Å²) in [5.74, 6) is 1.39. The summed E-state index contributed by atoms with van der Waals surface area (Å²) in [5, 5.41) is 0. The Hall–Kier alpha value is -0.480. The summed E-state index contributed by atoms with van der Waals surface area (Å²) in [6.45, 7) is 5.31. The molecule has 1 aromatic rings. The molecule has 18 heavy (non-hydrogen) atoms. The fourth-order valence-electron chi connectivity index (χ4n) is 1.86. The smallest absolute Gasteiger partial charge is 0.123 e. The molecule has 3 nitrogen and oxygen atoms in total. The Bertz CT molecular complexity index is 344. The maximum absolute atomic E-state index is 5.85. The lowest BCUT2D eigenvalue weighted by molar-refractivity contribution is 0.0322. The van der Waals surface area contributed by atoms with Crippen LogP contribution in [0.3, 0.4) is 0 Å². The Labute approximate surface area is 119 Å². The summed E-state index contributed by atoms with van der Waals surface area (Å²) < 4.78 is 11.1. The van der Waals surface area contributed by atoms with Gasteiger partial charge in [-0.3, -0.25) is 4.90 Å². The van der Waals surface area contributed by atoms with Crippen molar-refractivity contribution in [1.29, 1.82) is 0 Å². The van der Waals surface area contributed by atoms with Gasteiger partial charge in [-0.15, -0.1) is 24.0 Å². The van der Waals surface area contributed by atoms with Gasteiger partial charge in [0.15, 0.2) is 0 Å². The Balaban J connectivity index is 0.00000162. The van der Waals surface area contributed by atoms with Crippen molar-refractivity contribution in [1.82, 2.24) is 4.90 Å². The molecule has 0 amide bonds. The lowest BCUT2D eigenvalue weighted by Crippen LogP contribution is -2.38. The molecule has 1 aromatic carbocycles. The van der Waals surface area contributed by atoms with Crippen LogP contribution in [0.25, 0.3) is 0 Å². The van der Waals surface area contributed by atoms with Gasteiger partial charge in [-0.25, -0.2) is 0 Å². The van der Waals surface area contributed by atoms with Crippen molar-refractivity contribution >= 4 is 24.0 Å². The van der Waals surface area contributed by atoms with E-state index < -0.39 is 0 Å². The third-order valence-corrected chi connectivity index (χ3v) is 3.17. The predicted molar refractivity (Wildman–Crippen MR) is 76.0 cm³/mol. The molecular formula is C13H19Cl2NO2. The van der Waals surface area contributed by atoms with Crippen LogP contribution in [0.4, 0.5) is 0 Å². The molecule has 0 saturated carbocycles. The SMILES string of the molecule is Cl.ClCc1ccccc1OCCN1CCOCC1. The third-order valence-electron chi connectivity index (χ3n) is 2.89. The van der Waals surface area contributed by atoms with Crippen LogP contribution in [0, 0.1) is 0 Å². The lowest BCUT2D eigenvalue weighted by atomic mass is 10.2. The van der Waals surface area contributed by atoms with Crippen molar-refractivity contribution < 1.29 is 9.47 Å². The summed E-state index contributed by atoms with van der Waals surface area (Å²) >= 11 is 5.85. The van der Waals surface area contributed by atoms with E-state index in [1.807, 2.05) is 24.3 Å². The average Bonchev–Trinajstić information content (AvgIpc) is 2.40. The van der Waals surface area contributed by atoms with Crippen molar-refractivity contribution in [2.24, 2.45) is 0 Å². The quantitative estimate of drug-likeness (QED) is 0.779. The van der Waals surface area contributed by atoms with Crippen LogP contribution in [0.5, 0.6) is 5.75 Å². The van der Waals surface area contributed by atoms with Crippen LogP contribution >= 0.6 is 24.0 Å². The molecule has 1 heterocycles. The minimum Gasteiger partial charge on any atom is -0.492 e. The molecule has 1 aliphatic rings. The van der Waals surface area contributed by atoms with E-state index in [0.717, 1.165) is 44.2 Å². The number of hydrogen-bond acceptors (Lipinski definition) is 3. The second kappa shape index (κ2) is 8.59. The number of para-hydroxylation sites is 1. The zero-order valence-electron chi connectivity index (χ0n) is 10.3. The van der Waals surface area contributed by atoms with Crippen molar-refractivity contribution in [3.63, 3.8) is 0 Å². The van der Waals surface area contributed by atoms with E-state index in [-0.39, 0.29) is 12.4 Å². The largest absolute Gasteiger partial charge is 0.492 e. The number of nitrogens with zero attached hydrogens (tertiary/aromatic N) is 1. The first-order chi connectivity index (χ1) is 8.40. The van der Waals surface area contributed by atoms with Gasteiger partial charge in [0.05, 0.1) is 19.1 Å².